The van der Waals surface area contributed by atoms with Crippen molar-refractivity contribution >= 4 is 29.2 Å². The fourth-order valence-electron chi connectivity index (χ4n) is 2.39. The van der Waals surface area contributed by atoms with Crippen molar-refractivity contribution in [3.63, 3.8) is 0 Å². The summed E-state index contributed by atoms with van der Waals surface area (Å²) in [6.07, 6.45) is 1.02. The van der Waals surface area contributed by atoms with Crippen LogP contribution >= 0.6 is 0 Å². The molecule has 20 heavy (non-hydrogen) atoms. The van der Waals surface area contributed by atoms with Crippen LogP contribution in [0.25, 0.3) is 0 Å². The fourth-order valence-corrected chi connectivity index (χ4v) is 2.39. The molecule has 6 heteroatoms. The molecule has 0 unspecified atom stereocenters. The van der Waals surface area contributed by atoms with Crippen LogP contribution in [0.4, 0.5) is 16.2 Å². The number of benzene rings is 1. The van der Waals surface area contributed by atoms with E-state index in [2.05, 4.69) is 5.32 Å². The first kappa shape index (κ1) is 12.7. The van der Waals surface area contributed by atoms with E-state index in [4.69, 9.17) is 0 Å². The SMILES string of the molecule is CN(C)c1cccc(N2C(=O)NC(=O)C3(CC3)C2=O)c1. The van der Waals surface area contributed by atoms with Gasteiger partial charge in [0.25, 0.3) is 5.91 Å². The molecule has 1 aliphatic carbocycles. The van der Waals surface area contributed by atoms with E-state index in [1.807, 2.05) is 25.1 Å². The number of nitrogens with one attached hydrogen (secondary N) is 1. The van der Waals surface area contributed by atoms with Crippen molar-refractivity contribution in [1.82, 2.24) is 5.32 Å². The van der Waals surface area contributed by atoms with E-state index in [0.29, 0.717) is 18.5 Å². The molecule has 0 bridgehead atoms. The van der Waals surface area contributed by atoms with Gasteiger partial charge in [0.1, 0.15) is 5.41 Å². The Morgan fingerprint density at radius 3 is 2.50 bits per heavy atom. The monoisotopic (exact) mass is 273 g/mol. The summed E-state index contributed by atoms with van der Waals surface area (Å²) in [5.74, 6) is -0.880. The molecule has 3 rings (SSSR count). The third-order valence-electron chi connectivity index (χ3n) is 3.83. The van der Waals surface area contributed by atoms with E-state index in [1.54, 1.807) is 18.2 Å². The fraction of sp³-hybridized carbons (Fsp3) is 0.357. The first-order valence-electron chi connectivity index (χ1n) is 6.43. The van der Waals surface area contributed by atoms with Crippen LogP contribution in [0.15, 0.2) is 24.3 Å². The maximum absolute atomic E-state index is 12.4. The van der Waals surface area contributed by atoms with Gasteiger partial charge in [-0.3, -0.25) is 14.9 Å². The molecule has 1 saturated carbocycles. The van der Waals surface area contributed by atoms with E-state index in [0.717, 1.165) is 10.6 Å². The summed E-state index contributed by atoms with van der Waals surface area (Å²) >= 11 is 0. The van der Waals surface area contributed by atoms with Crippen LogP contribution < -0.4 is 15.1 Å². The largest absolute Gasteiger partial charge is 0.378 e. The zero-order valence-electron chi connectivity index (χ0n) is 11.3. The predicted octanol–water partition coefficient (Wildman–Crippen LogP) is 1.12. The van der Waals surface area contributed by atoms with Crippen molar-refractivity contribution in [3.8, 4) is 0 Å². The van der Waals surface area contributed by atoms with Gasteiger partial charge in [-0.05, 0) is 31.0 Å². The van der Waals surface area contributed by atoms with Crippen molar-refractivity contribution in [1.29, 1.82) is 0 Å². The Balaban J connectivity index is 2.00. The number of hydrogen-bond acceptors (Lipinski definition) is 4. The lowest BCUT2D eigenvalue weighted by atomic mass is 10.0. The quantitative estimate of drug-likeness (QED) is 0.820. The maximum Gasteiger partial charge on any atom is 0.335 e. The van der Waals surface area contributed by atoms with Gasteiger partial charge in [0.2, 0.25) is 5.91 Å². The van der Waals surface area contributed by atoms with Crippen LogP contribution in [-0.2, 0) is 9.59 Å². The minimum Gasteiger partial charge on any atom is -0.378 e. The summed E-state index contributed by atoms with van der Waals surface area (Å²) in [5, 5.41) is 2.27. The van der Waals surface area contributed by atoms with Crippen LogP contribution in [0, 0.1) is 5.41 Å². The Bertz CT molecular complexity index is 620. The lowest BCUT2D eigenvalue weighted by Gasteiger charge is -2.30. The zero-order chi connectivity index (χ0) is 14.5. The molecule has 1 saturated heterocycles. The molecule has 0 atom stereocenters. The van der Waals surface area contributed by atoms with Crippen LogP contribution in [0.5, 0.6) is 0 Å². The minimum atomic E-state index is -1.01. The van der Waals surface area contributed by atoms with Crippen molar-refractivity contribution in [2.24, 2.45) is 5.41 Å². The number of anilines is 2. The van der Waals surface area contributed by atoms with Gasteiger partial charge in [-0.1, -0.05) is 6.07 Å². The van der Waals surface area contributed by atoms with E-state index in [-0.39, 0.29) is 0 Å². The Morgan fingerprint density at radius 1 is 1.20 bits per heavy atom. The highest BCUT2D eigenvalue weighted by Gasteiger charge is 2.62. The molecule has 1 aromatic rings. The van der Waals surface area contributed by atoms with Crippen LogP contribution in [-0.4, -0.2) is 31.9 Å². The number of barbiturate groups is 1. The normalized spacial score (nSPS) is 20.1. The summed E-state index contributed by atoms with van der Waals surface area (Å²) in [4.78, 5) is 39.1. The topological polar surface area (TPSA) is 69.7 Å². The molecule has 2 fully saturated rings. The average molecular weight is 273 g/mol. The molecule has 0 radical (unpaired) electrons. The van der Waals surface area contributed by atoms with Gasteiger partial charge in [0, 0.05) is 19.8 Å². The molecule has 1 N–H and O–H groups in total. The summed E-state index contributed by atoms with van der Waals surface area (Å²) < 4.78 is 0. The van der Waals surface area contributed by atoms with Crippen LogP contribution in [0.1, 0.15) is 12.8 Å². The van der Waals surface area contributed by atoms with E-state index >= 15 is 0 Å². The van der Waals surface area contributed by atoms with Gasteiger partial charge >= 0.3 is 6.03 Å². The average Bonchev–Trinajstić information content (AvgIpc) is 3.19. The van der Waals surface area contributed by atoms with Gasteiger partial charge in [-0.25, -0.2) is 9.69 Å². The van der Waals surface area contributed by atoms with Crippen LogP contribution in [0.3, 0.4) is 0 Å². The Labute approximate surface area is 116 Å². The molecular weight excluding hydrogens is 258 g/mol. The molecule has 1 aromatic carbocycles. The smallest absolute Gasteiger partial charge is 0.335 e. The second-order valence-corrected chi connectivity index (χ2v) is 5.40. The highest BCUT2D eigenvalue weighted by atomic mass is 16.2. The highest BCUT2D eigenvalue weighted by Crippen LogP contribution is 2.49. The number of nitrogens with zero attached hydrogens (tertiary/aromatic N) is 2. The molecule has 1 spiro atoms. The van der Waals surface area contributed by atoms with Gasteiger partial charge in [-0.2, -0.15) is 0 Å². The first-order valence-corrected chi connectivity index (χ1v) is 6.43. The number of carbonyl (C=O) groups excluding carboxylic acids is 3. The second-order valence-electron chi connectivity index (χ2n) is 5.40. The zero-order valence-corrected chi connectivity index (χ0v) is 11.3. The van der Waals surface area contributed by atoms with Gasteiger partial charge < -0.3 is 4.90 Å². The lowest BCUT2D eigenvalue weighted by molar-refractivity contribution is -0.136. The van der Waals surface area contributed by atoms with Crippen molar-refractivity contribution in [2.75, 3.05) is 23.9 Å². The number of carbonyl (C=O) groups is 3. The van der Waals surface area contributed by atoms with E-state index in [9.17, 15) is 14.4 Å². The Morgan fingerprint density at radius 2 is 1.90 bits per heavy atom. The number of hydrogen-bond donors (Lipinski definition) is 1. The van der Waals surface area contributed by atoms with E-state index in [1.165, 1.54) is 0 Å². The molecular formula is C14H15N3O3. The Kier molecular flexibility index (Phi) is 2.57. The molecule has 104 valence electrons. The maximum atomic E-state index is 12.4. The third-order valence-corrected chi connectivity index (χ3v) is 3.83. The van der Waals surface area contributed by atoms with Crippen LogP contribution in [0.2, 0.25) is 0 Å². The molecule has 2 aliphatic rings. The van der Waals surface area contributed by atoms with Gasteiger partial charge in [-0.15, -0.1) is 0 Å². The number of urea groups is 1. The third kappa shape index (κ3) is 1.68. The van der Waals surface area contributed by atoms with E-state index < -0.39 is 23.3 Å². The summed E-state index contributed by atoms with van der Waals surface area (Å²) in [5.41, 5.74) is 0.351. The van der Waals surface area contributed by atoms with Gasteiger partial charge in [0.15, 0.2) is 0 Å². The number of rotatable bonds is 2. The van der Waals surface area contributed by atoms with Crippen molar-refractivity contribution in [2.45, 2.75) is 12.8 Å². The minimum absolute atomic E-state index is 0.415. The predicted molar refractivity (Wildman–Crippen MR) is 73.5 cm³/mol. The standard InChI is InChI=1S/C14H15N3O3/c1-16(2)9-4-3-5-10(8-9)17-12(19)14(6-7-14)11(18)15-13(17)20/h3-5,8H,6-7H2,1-2H3,(H,15,18,20). The van der Waals surface area contributed by atoms with Gasteiger partial charge in [0.05, 0.1) is 5.69 Å². The number of imide groups is 2. The molecule has 4 amide bonds. The molecule has 1 aliphatic heterocycles. The molecule has 0 aromatic heterocycles. The summed E-state index contributed by atoms with van der Waals surface area (Å²) in [7, 11) is 3.76. The number of amides is 4. The summed E-state index contributed by atoms with van der Waals surface area (Å²) in [6, 6.07) is 6.43. The summed E-state index contributed by atoms with van der Waals surface area (Å²) in [6.45, 7) is 0. The lowest BCUT2D eigenvalue weighted by Crippen LogP contribution is -2.59. The molecule has 1 heterocycles. The first-order chi connectivity index (χ1) is 9.45. The van der Waals surface area contributed by atoms with Crippen molar-refractivity contribution < 1.29 is 14.4 Å². The Hall–Kier alpha value is -2.37. The second kappa shape index (κ2) is 4.06. The molecule has 6 nitrogen and oxygen atoms in total. The van der Waals surface area contributed by atoms with Crippen molar-refractivity contribution in [3.05, 3.63) is 24.3 Å². The highest BCUT2D eigenvalue weighted by molar-refractivity contribution is 6.31.